The maximum Gasteiger partial charge on any atom is 0.295 e. The van der Waals surface area contributed by atoms with Crippen LogP contribution in [0.1, 0.15) is 11.3 Å². The van der Waals surface area contributed by atoms with E-state index in [1.165, 1.54) is 5.56 Å². The van der Waals surface area contributed by atoms with E-state index in [1.54, 1.807) is 0 Å². The third-order valence-corrected chi connectivity index (χ3v) is 3.37. The van der Waals surface area contributed by atoms with E-state index in [2.05, 4.69) is 34.6 Å². The van der Waals surface area contributed by atoms with Crippen molar-refractivity contribution < 1.29 is 4.42 Å². The van der Waals surface area contributed by atoms with Gasteiger partial charge in [-0.2, -0.15) is 4.98 Å². The molecule has 1 N–H and O–H groups in total. The SMILES string of the molecule is Cc1nc(NCCc2ccccc2)oc1-c1ccccc1. The molecule has 0 bridgehead atoms. The van der Waals surface area contributed by atoms with E-state index in [9.17, 15) is 0 Å². The zero-order chi connectivity index (χ0) is 14.5. The minimum absolute atomic E-state index is 0.585. The standard InChI is InChI=1S/C18H18N2O/c1-14-17(16-10-6-3-7-11-16)21-18(20-14)19-13-12-15-8-4-2-5-9-15/h2-11H,12-13H2,1H3,(H,19,20). The van der Waals surface area contributed by atoms with Gasteiger partial charge in [-0.1, -0.05) is 60.7 Å². The summed E-state index contributed by atoms with van der Waals surface area (Å²) in [6.07, 6.45) is 0.947. The molecule has 0 aliphatic rings. The van der Waals surface area contributed by atoms with Crippen LogP contribution in [0.3, 0.4) is 0 Å². The first-order valence-electron chi connectivity index (χ1n) is 7.13. The maximum atomic E-state index is 5.82. The summed E-state index contributed by atoms with van der Waals surface area (Å²) >= 11 is 0. The van der Waals surface area contributed by atoms with Crippen molar-refractivity contribution in [3.05, 3.63) is 71.9 Å². The number of benzene rings is 2. The number of hydrogen-bond acceptors (Lipinski definition) is 3. The number of rotatable bonds is 5. The molecule has 2 aromatic carbocycles. The minimum Gasteiger partial charge on any atom is -0.423 e. The summed E-state index contributed by atoms with van der Waals surface area (Å²) in [5.41, 5.74) is 3.26. The second-order valence-electron chi connectivity index (χ2n) is 4.96. The average molecular weight is 278 g/mol. The highest BCUT2D eigenvalue weighted by atomic mass is 16.4. The Morgan fingerprint density at radius 3 is 2.33 bits per heavy atom. The molecular weight excluding hydrogens is 260 g/mol. The van der Waals surface area contributed by atoms with Crippen LogP contribution in [0, 0.1) is 6.92 Å². The second-order valence-corrected chi connectivity index (χ2v) is 4.96. The lowest BCUT2D eigenvalue weighted by Gasteiger charge is -2.02. The van der Waals surface area contributed by atoms with Gasteiger partial charge in [-0.25, -0.2) is 0 Å². The molecule has 0 unspecified atom stereocenters. The Kier molecular flexibility index (Phi) is 4.01. The van der Waals surface area contributed by atoms with E-state index >= 15 is 0 Å². The Labute approximate surface area is 124 Å². The van der Waals surface area contributed by atoms with E-state index in [0.29, 0.717) is 6.01 Å². The highest BCUT2D eigenvalue weighted by Gasteiger charge is 2.10. The summed E-state index contributed by atoms with van der Waals surface area (Å²) in [6.45, 7) is 2.77. The van der Waals surface area contributed by atoms with Gasteiger partial charge < -0.3 is 9.73 Å². The number of nitrogens with one attached hydrogen (secondary N) is 1. The number of aryl methyl sites for hydroxylation is 1. The van der Waals surface area contributed by atoms with Gasteiger partial charge in [-0.15, -0.1) is 0 Å². The van der Waals surface area contributed by atoms with Crippen LogP contribution in [0.4, 0.5) is 6.01 Å². The molecule has 21 heavy (non-hydrogen) atoms. The number of nitrogens with zero attached hydrogens (tertiary/aromatic N) is 1. The number of hydrogen-bond donors (Lipinski definition) is 1. The second kappa shape index (κ2) is 6.27. The predicted octanol–water partition coefficient (Wildman–Crippen LogP) is 4.30. The molecule has 0 fully saturated rings. The van der Waals surface area contributed by atoms with E-state index in [0.717, 1.165) is 30.0 Å². The lowest BCUT2D eigenvalue weighted by Crippen LogP contribution is -2.04. The smallest absolute Gasteiger partial charge is 0.295 e. The van der Waals surface area contributed by atoms with Crippen LogP contribution in [0.15, 0.2) is 65.1 Å². The molecule has 106 valence electrons. The van der Waals surface area contributed by atoms with Crippen molar-refractivity contribution in [3.8, 4) is 11.3 Å². The normalized spacial score (nSPS) is 10.5. The molecule has 3 aromatic rings. The van der Waals surface area contributed by atoms with E-state index in [1.807, 2.05) is 43.3 Å². The molecular formula is C18H18N2O. The van der Waals surface area contributed by atoms with Gasteiger partial charge in [-0.3, -0.25) is 0 Å². The monoisotopic (exact) mass is 278 g/mol. The highest BCUT2D eigenvalue weighted by Crippen LogP contribution is 2.26. The van der Waals surface area contributed by atoms with Crippen LogP contribution in [0.2, 0.25) is 0 Å². The fourth-order valence-corrected chi connectivity index (χ4v) is 2.29. The van der Waals surface area contributed by atoms with Gasteiger partial charge >= 0.3 is 0 Å². The molecule has 1 heterocycles. The fraction of sp³-hybridized carbons (Fsp3) is 0.167. The number of oxazole rings is 1. The number of aromatic nitrogens is 1. The third-order valence-electron chi connectivity index (χ3n) is 3.37. The fourth-order valence-electron chi connectivity index (χ4n) is 2.29. The Bertz CT molecular complexity index is 690. The first kappa shape index (κ1) is 13.4. The molecule has 0 atom stereocenters. The Morgan fingerprint density at radius 2 is 1.62 bits per heavy atom. The van der Waals surface area contributed by atoms with Crippen LogP contribution in [0.25, 0.3) is 11.3 Å². The molecule has 0 saturated heterocycles. The van der Waals surface area contributed by atoms with Crippen molar-refractivity contribution in [2.24, 2.45) is 0 Å². The predicted molar refractivity (Wildman–Crippen MR) is 85.3 cm³/mol. The molecule has 3 rings (SSSR count). The Morgan fingerprint density at radius 1 is 0.952 bits per heavy atom. The highest BCUT2D eigenvalue weighted by molar-refractivity contribution is 5.60. The quantitative estimate of drug-likeness (QED) is 0.756. The summed E-state index contributed by atoms with van der Waals surface area (Å²) < 4.78 is 5.82. The molecule has 0 radical (unpaired) electrons. The van der Waals surface area contributed by atoms with E-state index in [4.69, 9.17) is 4.42 Å². The Hall–Kier alpha value is -2.55. The lowest BCUT2D eigenvalue weighted by atomic mass is 10.1. The van der Waals surface area contributed by atoms with Gasteiger partial charge in [-0.05, 0) is 18.9 Å². The molecule has 0 aliphatic heterocycles. The van der Waals surface area contributed by atoms with Crippen LogP contribution in [0.5, 0.6) is 0 Å². The van der Waals surface area contributed by atoms with Gasteiger partial charge in [0, 0.05) is 12.1 Å². The van der Waals surface area contributed by atoms with Crippen LogP contribution in [-0.4, -0.2) is 11.5 Å². The van der Waals surface area contributed by atoms with Crippen LogP contribution in [-0.2, 0) is 6.42 Å². The molecule has 0 aliphatic carbocycles. The lowest BCUT2D eigenvalue weighted by molar-refractivity contribution is 0.584. The summed E-state index contributed by atoms with van der Waals surface area (Å²) in [5.74, 6) is 0.831. The van der Waals surface area contributed by atoms with Crippen molar-refractivity contribution in [2.45, 2.75) is 13.3 Å². The molecule has 1 aromatic heterocycles. The zero-order valence-corrected chi connectivity index (χ0v) is 12.0. The van der Waals surface area contributed by atoms with Crippen molar-refractivity contribution in [1.29, 1.82) is 0 Å². The largest absolute Gasteiger partial charge is 0.423 e. The Balaban J connectivity index is 1.65. The maximum absolute atomic E-state index is 5.82. The van der Waals surface area contributed by atoms with Gasteiger partial charge in [0.25, 0.3) is 6.01 Å². The van der Waals surface area contributed by atoms with E-state index in [-0.39, 0.29) is 0 Å². The molecule has 3 heteroatoms. The summed E-state index contributed by atoms with van der Waals surface area (Å²) in [4.78, 5) is 4.44. The molecule has 0 saturated carbocycles. The molecule has 0 spiro atoms. The van der Waals surface area contributed by atoms with Crippen molar-refractivity contribution in [1.82, 2.24) is 4.98 Å². The van der Waals surface area contributed by atoms with Crippen LogP contribution < -0.4 is 5.32 Å². The van der Waals surface area contributed by atoms with Crippen molar-refractivity contribution in [3.63, 3.8) is 0 Å². The van der Waals surface area contributed by atoms with E-state index < -0.39 is 0 Å². The average Bonchev–Trinajstić information content (AvgIpc) is 2.90. The summed E-state index contributed by atoms with van der Waals surface area (Å²) in [6, 6.07) is 21.0. The first-order chi connectivity index (χ1) is 10.3. The summed E-state index contributed by atoms with van der Waals surface area (Å²) in [5, 5.41) is 3.25. The zero-order valence-electron chi connectivity index (χ0n) is 12.0. The topological polar surface area (TPSA) is 38.1 Å². The van der Waals surface area contributed by atoms with Gasteiger partial charge in [0.2, 0.25) is 0 Å². The van der Waals surface area contributed by atoms with Gasteiger partial charge in [0.1, 0.15) is 0 Å². The number of anilines is 1. The first-order valence-corrected chi connectivity index (χ1v) is 7.13. The third kappa shape index (κ3) is 3.31. The molecule has 3 nitrogen and oxygen atoms in total. The van der Waals surface area contributed by atoms with Crippen molar-refractivity contribution >= 4 is 6.01 Å². The molecule has 0 amide bonds. The summed E-state index contributed by atoms with van der Waals surface area (Å²) in [7, 11) is 0. The van der Waals surface area contributed by atoms with Crippen molar-refractivity contribution in [2.75, 3.05) is 11.9 Å². The van der Waals surface area contributed by atoms with Gasteiger partial charge in [0.15, 0.2) is 5.76 Å². The van der Waals surface area contributed by atoms with Crippen LogP contribution >= 0.6 is 0 Å². The minimum atomic E-state index is 0.585. The van der Waals surface area contributed by atoms with Gasteiger partial charge in [0.05, 0.1) is 5.69 Å².